The van der Waals surface area contributed by atoms with E-state index in [-0.39, 0.29) is 11.3 Å². The Morgan fingerprint density at radius 2 is 1.95 bits per heavy atom. The van der Waals surface area contributed by atoms with E-state index >= 15 is 0 Å². The number of hydrogen-bond acceptors (Lipinski definition) is 4. The molecule has 1 aliphatic rings. The minimum atomic E-state index is -0.384. The van der Waals surface area contributed by atoms with Crippen molar-refractivity contribution in [3.8, 4) is 5.75 Å². The maximum Gasteiger partial charge on any atom is 0.184 e. The van der Waals surface area contributed by atoms with Crippen LogP contribution < -0.4 is 4.74 Å². The number of Topliss-reactive ketones (excluding diaryl/α,β-unsaturated/α-hetero) is 1. The Morgan fingerprint density at radius 3 is 2.50 bits per heavy atom. The second kappa shape index (κ2) is 6.35. The molecule has 0 atom stereocenters. The summed E-state index contributed by atoms with van der Waals surface area (Å²) in [5.41, 5.74) is 0.268. The Balaban J connectivity index is 2.34. The van der Waals surface area contributed by atoms with Crippen LogP contribution in [-0.4, -0.2) is 41.4 Å². The van der Waals surface area contributed by atoms with Gasteiger partial charge in [0, 0.05) is 11.8 Å². The molecule has 0 radical (unpaired) electrons. The van der Waals surface area contributed by atoms with Gasteiger partial charge in [-0.25, -0.2) is 0 Å². The summed E-state index contributed by atoms with van der Waals surface area (Å²) < 4.78 is 5.18. The van der Waals surface area contributed by atoms with Crippen molar-refractivity contribution in [3.05, 3.63) is 24.0 Å². The SMILES string of the molecule is CCC(CC)(C(=O)c1cncc(OC)c1)N1CCCC1. The van der Waals surface area contributed by atoms with E-state index in [1.165, 1.54) is 12.8 Å². The summed E-state index contributed by atoms with van der Waals surface area (Å²) in [5.74, 6) is 0.814. The Bertz CT molecular complexity index is 463. The van der Waals surface area contributed by atoms with Gasteiger partial charge in [0.15, 0.2) is 5.78 Å². The molecule has 1 aromatic heterocycles. The fraction of sp³-hybridized carbons (Fsp3) is 0.625. The highest BCUT2D eigenvalue weighted by Gasteiger charge is 2.42. The van der Waals surface area contributed by atoms with Gasteiger partial charge in [-0.3, -0.25) is 14.7 Å². The number of ketones is 1. The first-order valence-electron chi connectivity index (χ1n) is 7.46. The van der Waals surface area contributed by atoms with Crippen LogP contribution in [0.4, 0.5) is 0 Å². The third-order valence-electron chi connectivity index (χ3n) is 4.51. The smallest absolute Gasteiger partial charge is 0.184 e. The van der Waals surface area contributed by atoms with Gasteiger partial charge in [0.25, 0.3) is 0 Å². The van der Waals surface area contributed by atoms with Crippen LogP contribution in [0.2, 0.25) is 0 Å². The first-order chi connectivity index (χ1) is 9.67. The van der Waals surface area contributed by atoms with E-state index in [0.29, 0.717) is 11.3 Å². The normalized spacial score (nSPS) is 16.4. The van der Waals surface area contributed by atoms with Crippen molar-refractivity contribution in [2.24, 2.45) is 0 Å². The van der Waals surface area contributed by atoms with Crippen molar-refractivity contribution < 1.29 is 9.53 Å². The summed E-state index contributed by atoms with van der Waals surface area (Å²) in [7, 11) is 1.60. The zero-order valence-electron chi connectivity index (χ0n) is 12.7. The van der Waals surface area contributed by atoms with Crippen molar-refractivity contribution in [2.75, 3.05) is 20.2 Å². The molecule has 0 spiro atoms. The lowest BCUT2D eigenvalue weighted by molar-refractivity contribution is 0.0580. The van der Waals surface area contributed by atoms with Crippen molar-refractivity contribution >= 4 is 5.78 Å². The molecule has 4 heteroatoms. The number of rotatable bonds is 6. The van der Waals surface area contributed by atoms with E-state index in [9.17, 15) is 4.79 Å². The average Bonchev–Trinajstić information content (AvgIpc) is 3.04. The van der Waals surface area contributed by atoms with Crippen LogP contribution in [0.15, 0.2) is 18.5 Å². The number of pyridine rings is 1. The standard InChI is InChI=1S/C16H24N2O2/c1-4-16(5-2,18-8-6-7-9-18)15(19)13-10-14(20-3)12-17-11-13/h10-12H,4-9H2,1-3H3. The molecule has 20 heavy (non-hydrogen) atoms. The largest absolute Gasteiger partial charge is 0.495 e. The molecule has 1 aromatic rings. The van der Waals surface area contributed by atoms with E-state index in [1.54, 1.807) is 25.6 Å². The summed E-state index contributed by atoms with van der Waals surface area (Å²) >= 11 is 0. The first-order valence-corrected chi connectivity index (χ1v) is 7.46. The molecule has 2 rings (SSSR count). The molecule has 0 amide bonds. The summed E-state index contributed by atoms with van der Waals surface area (Å²) in [6.07, 6.45) is 7.32. The zero-order valence-corrected chi connectivity index (χ0v) is 12.7. The Morgan fingerprint density at radius 1 is 1.30 bits per heavy atom. The molecule has 1 aliphatic heterocycles. The molecule has 0 unspecified atom stereocenters. The molecule has 110 valence electrons. The van der Waals surface area contributed by atoms with Crippen LogP contribution in [-0.2, 0) is 0 Å². The van der Waals surface area contributed by atoms with Crippen LogP contribution in [0.5, 0.6) is 5.75 Å². The molecule has 0 N–H and O–H groups in total. The predicted octanol–water partition coefficient (Wildman–Crippen LogP) is 2.93. The highest BCUT2D eigenvalue weighted by atomic mass is 16.5. The van der Waals surface area contributed by atoms with Gasteiger partial charge in [-0.2, -0.15) is 0 Å². The Hall–Kier alpha value is -1.42. The van der Waals surface area contributed by atoms with Gasteiger partial charge < -0.3 is 4.74 Å². The number of ether oxygens (including phenoxy) is 1. The lowest BCUT2D eigenvalue weighted by Crippen LogP contribution is -2.52. The fourth-order valence-corrected chi connectivity index (χ4v) is 3.23. The molecule has 4 nitrogen and oxygen atoms in total. The predicted molar refractivity (Wildman–Crippen MR) is 79.2 cm³/mol. The molecule has 0 bridgehead atoms. The minimum Gasteiger partial charge on any atom is -0.495 e. The molecular weight excluding hydrogens is 252 g/mol. The van der Waals surface area contributed by atoms with Crippen LogP contribution in [0, 0.1) is 0 Å². The second-order valence-electron chi connectivity index (χ2n) is 5.38. The lowest BCUT2D eigenvalue weighted by atomic mass is 9.83. The van der Waals surface area contributed by atoms with Crippen LogP contribution >= 0.6 is 0 Å². The number of hydrogen-bond donors (Lipinski definition) is 0. The van der Waals surface area contributed by atoms with Crippen LogP contribution in [0.3, 0.4) is 0 Å². The summed E-state index contributed by atoms with van der Waals surface area (Å²) in [4.78, 5) is 19.5. The van der Waals surface area contributed by atoms with Crippen molar-refractivity contribution in [1.29, 1.82) is 0 Å². The third-order valence-corrected chi connectivity index (χ3v) is 4.51. The molecule has 1 fully saturated rings. The highest BCUT2D eigenvalue weighted by molar-refractivity contribution is 6.03. The van der Waals surface area contributed by atoms with E-state index in [4.69, 9.17) is 4.74 Å². The number of carbonyl (C=O) groups excluding carboxylic acids is 1. The van der Waals surface area contributed by atoms with Gasteiger partial charge >= 0.3 is 0 Å². The van der Waals surface area contributed by atoms with E-state index in [0.717, 1.165) is 25.9 Å². The van der Waals surface area contributed by atoms with Crippen molar-refractivity contribution in [1.82, 2.24) is 9.88 Å². The summed E-state index contributed by atoms with van der Waals surface area (Å²) in [5, 5.41) is 0. The fourth-order valence-electron chi connectivity index (χ4n) is 3.23. The van der Waals surface area contributed by atoms with E-state index in [1.807, 2.05) is 0 Å². The zero-order chi connectivity index (χ0) is 14.6. The lowest BCUT2D eigenvalue weighted by Gasteiger charge is -2.39. The third kappa shape index (κ3) is 2.57. The molecular formula is C16H24N2O2. The average molecular weight is 276 g/mol. The molecule has 2 heterocycles. The van der Waals surface area contributed by atoms with Gasteiger partial charge in [0.05, 0.1) is 18.8 Å². The number of nitrogens with zero attached hydrogens (tertiary/aromatic N) is 2. The second-order valence-corrected chi connectivity index (χ2v) is 5.38. The maximum atomic E-state index is 13.0. The molecule has 0 aliphatic carbocycles. The molecule has 0 aromatic carbocycles. The summed E-state index contributed by atoms with van der Waals surface area (Å²) in [6.45, 7) is 6.25. The number of carbonyl (C=O) groups is 1. The summed E-state index contributed by atoms with van der Waals surface area (Å²) in [6, 6.07) is 1.80. The van der Waals surface area contributed by atoms with E-state index in [2.05, 4.69) is 23.7 Å². The van der Waals surface area contributed by atoms with Gasteiger partial charge in [0.1, 0.15) is 5.75 Å². The Kier molecular flexibility index (Phi) is 4.76. The topological polar surface area (TPSA) is 42.4 Å². The number of likely N-dealkylation sites (tertiary alicyclic amines) is 1. The Labute approximate surface area is 121 Å². The molecule has 0 saturated carbocycles. The highest BCUT2D eigenvalue weighted by Crippen LogP contribution is 2.32. The quantitative estimate of drug-likeness (QED) is 0.749. The van der Waals surface area contributed by atoms with Gasteiger partial charge in [0.2, 0.25) is 0 Å². The van der Waals surface area contributed by atoms with Crippen LogP contribution in [0.1, 0.15) is 49.9 Å². The molecule has 1 saturated heterocycles. The van der Waals surface area contributed by atoms with Crippen LogP contribution in [0.25, 0.3) is 0 Å². The number of aromatic nitrogens is 1. The van der Waals surface area contributed by atoms with Gasteiger partial charge in [-0.15, -0.1) is 0 Å². The van der Waals surface area contributed by atoms with E-state index < -0.39 is 0 Å². The first kappa shape index (κ1) is 15.0. The van der Waals surface area contributed by atoms with Gasteiger partial charge in [-0.05, 0) is 44.8 Å². The van der Waals surface area contributed by atoms with Crippen molar-refractivity contribution in [2.45, 2.75) is 45.1 Å². The minimum absolute atomic E-state index is 0.177. The monoisotopic (exact) mass is 276 g/mol. The number of methoxy groups -OCH3 is 1. The van der Waals surface area contributed by atoms with Crippen molar-refractivity contribution in [3.63, 3.8) is 0 Å². The van der Waals surface area contributed by atoms with Gasteiger partial charge in [-0.1, -0.05) is 13.8 Å². The maximum absolute atomic E-state index is 13.0.